The fourth-order valence-corrected chi connectivity index (χ4v) is 0.842. The summed E-state index contributed by atoms with van der Waals surface area (Å²) in [5.74, 6) is 0. The van der Waals surface area contributed by atoms with Gasteiger partial charge in [0.1, 0.15) is 0 Å². The Morgan fingerprint density at radius 3 is 2.20 bits per heavy atom. The van der Waals surface area contributed by atoms with E-state index in [1.54, 1.807) is 4.90 Å². The van der Waals surface area contributed by atoms with Crippen LogP contribution >= 0.6 is 0 Å². The van der Waals surface area contributed by atoms with Crippen LogP contribution < -0.4 is 0 Å². The molecule has 0 atom stereocenters. The summed E-state index contributed by atoms with van der Waals surface area (Å²) in [4.78, 5) is 1.66. The zero-order chi connectivity index (χ0) is 7.40. The molecule has 1 rings (SSSR count). The third kappa shape index (κ3) is 2.19. The van der Waals surface area contributed by atoms with E-state index in [9.17, 15) is 0 Å². The predicted octanol–water partition coefficient (Wildman–Crippen LogP) is 2.07. The quantitative estimate of drug-likeness (QED) is 0.597. The van der Waals surface area contributed by atoms with Crippen molar-refractivity contribution < 1.29 is 0 Å². The van der Waals surface area contributed by atoms with E-state index in [4.69, 9.17) is 0 Å². The molecular formula is C9H11N. The number of rotatable bonds is 2. The molecule has 0 N–H and O–H groups in total. The van der Waals surface area contributed by atoms with Gasteiger partial charge >= 0.3 is 0 Å². The van der Waals surface area contributed by atoms with E-state index in [2.05, 4.69) is 26.2 Å². The van der Waals surface area contributed by atoms with Gasteiger partial charge in [-0.05, 0) is 5.56 Å². The summed E-state index contributed by atoms with van der Waals surface area (Å²) < 4.78 is 0. The van der Waals surface area contributed by atoms with Crippen LogP contribution in [0.3, 0.4) is 0 Å². The molecule has 1 aromatic rings. The molecule has 0 bridgehead atoms. The lowest BCUT2D eigenvalue weighted by Gasteiger charge is -2.07. The van der Waals surface area contributed by atoms with Gasteiger partial charge in [-0.25, -0.2) is 0 Å². The number of nitrogens with zero attached hydrogens (tertiary/aromatic N) is 1. The highest BCUT2D eigenvalue weighted by Crippen LogP contribution is 2.00. The maximum atomic E-state index is 3.66. The molecule has 0 saturated carbocycles. The molecule has 0 heterocycles. The van der Waals surface area contributed by atoms with Crippen molar-refractivity contribution in [3.63, 3.8) is 0 Å². The lowest BCUT2D eigenvalue weighted by Crippen LogP contribution is -2.04. The van der Waals surface area contributed by atoms with Crippen molar-refractivity contribution in [1.29, 1.82) is 0 Å². The Morgan fingerprint density at radius 1 is 1.10 bits per heavy atom. The highest BCUT2D eigenvalue weighted by atomic mass is 15.0. The van der Waals surface area contributed by atoms with Crippen molar-refractivity contribution in [3.05, 3.63) is 50.0 Å². The van der Waals surface area contributed by atoms with Crippen LogP contribution in [-0.2, 0) is 6.54 Å². The van der Waals surface area contributed by atoms with Gasteiger partial charge in [0.25, 0.3) is 0 Å². The Morgan fingerprint density at radius 2 is 1.70 bits per heavy atom. The van der Waals surface area contributed by atoms with Crippen LogP contribution in [0.1, 0.15) is 5.56 Å². The van der Waals surface area contributed by atoms with Crippen molar-refractivity contribution >= 4 is 0 Å². The Balaban J connectivity index is 2.59. The standard InChI is InChI=1S/C9H11N/c1-10(2)8-9-6-4-3-5-7-9/h3-7H,1-2,8H2. The van der Waals surface area contributed by atoms with Crippen molar-refractivity contribution in [2.45, 2.75) is 6.54 Å². The van der Waals surface area contributed by atoms with E-state index in [0.717, 1.165) is 6.54 Å². The third-order valence-electron chi connectivity index (χ3n) is 1.25. The fraction of sp³-hybridized carbons (Fsp3) is 0.111. The largest absolute Gasteiger partial charge is 0.297 e. The van der Waals surface area contributed by atoms with Crippen molar-refractivity contribution in [1.82, 2.24) is 4.90 Å². The first kappa shape index (κ1) is 7.29. The van der Waals surface area contributed by atoms with E-state index in [0.29, 0.717) is 0 Å². The second-order valence-electron chi connectivity index (χ2n) is 2.31. The molecule has 52 valence electrons. The van der Waals surface area contributed by atoms with Crippen LogP contribution in [0.4, 0.5) is 0 Å². The van der Waals surface area contributed by atoms with Gasteiger partial charge in [0.15, 0.2) is 0 Å². The second kappa shape index (κ2) is 3.37. The van der Waals surface area contributed by atoms with E-state index in [1.165, 1.54) is 5.56 Å². The van der Waals surface area contributed by atoms with Crippen LogP contribution in [0.15, 0.2) is 30.3 Å². The molecule has 0 aromatic heterocycles. The molecule has 2 radical (unpaired) electrons. The van der Waals surface area contributed by atoms with Crippen molar-refractivity contribution in [2.24, 2.45) is 0 Å². The Kier molecular flexibility index (Phi) is 2.46. The van der Waals surface area contributed by atoms with Gasteiger partial charge in [-0.3, -0.25) is 4.90 Å². The van der Waals surface area contributed by atoms with Crippen molar-refractivity contribution in [3.8, 4) is 0 Å². The average molecular weight is 133 g/mol. The Labute approximate surface area is 62.3 Å². The van der Waals surface area contributed by atoms with Gasteiger partial charge < -0.3 is 0 Å². The molecule has 10 heavy (non-hydrogen) atoms. The van der Waals surface area contributed by atoms with Gasteiger partial charge in [-0.1, -0.05) is 30.3 Å². The predicted molar refractivity (Wildman–Crippen MR) is 42.7 cm³/mol. The summed E-state index contributed by atoms with van der Waals surface area (Å²) in [6, 6.07) is 10.1. The first-order valence-corrected chi connectivity index (χ1v) is 3.21. The summed E-state index contributed by atoms with van der Waals surface area (Å²) >= 11 is 0. The molecule has 0 spiro atoms. The van der Waals surface area contributed by atoms with Crippen molar-refractivity contribution in [2.75, 3.05) is 0 Å². The Bertz CT molecular complexity index is 179. The molecular weight excluding hydrogens is 122 g/mol. The zero-order valence-corrected chi connectivity index (χ0v) is 5.96. The maximum Gasteiger partial charge on any atom is 0.0234 e. The zero-order valence-electron chi connectivity index (χ0n) is 5.96. The summed E-state index contributed by atoms with van der Waals surface area (Å²) in [7, 11) is 7.31. The second-order valence-corrected chi connectivity index (χ2v) is 2.31. The normalized spacial score (nSPS) is 10.3. The monoisotopic (exact) mass is 133 g/mol. The summed E-state index contributed by atoms with van der Waals surface area (Å²) in [6.45, 7) is 0.806. The topological polar surface area (TPSA) is 3.24 Å². The lowest BCUT2D eigenvalue weighted by molar-refractivity contribution is 0.489. The highest BCUT2D eigenvalue weighted by molar-refractivity contribution is 5.14. The van der Waals surface area contributed by atoms with Gasteiger partial charge in [-0.2, -0.15) is 0 Å². The van der Waals surface area contributed by atoms with E-state index >= 15 is 0 Å². The van der Waals surface area contributed by atoms with Crippen LogP contribution in [-0.4, -0.2) is 4.90 Å². The van der Waals surface area contributed by atoms with E-state index < -0.39 is 0 Å². The molecule has 0 aliphatic heterocycles. The fourth-order valence-electron chi connectivity index (χ4n) is 0.842. The number of benzene rings is 1. The average Bonchev–Trinajstić information content (AvgIpc) is 1.88. The lowest BCUT2D eigenvalue weighted by atomic mass is 10.2. The number of hydrogen-bond donors (Lipinski definition) is 0. The molecule has 1 heteroatoms. The van der Waals surface area contributed by atoms with Crippen LogP contribution in [0.2, 0.25) is 0 Å². The minimum absolute atomic E-state index is 0.806. The van der Waals surface area contributed by atoms with Gasteiger partial charge in [0, 0.05) is 20.6 Å². The molecule has 0 fully saturated rings. The minimum Gasteiger partial charge on any atom is -0.297 e. The van der Waals surface area contributed by atoms with Gasteiger partial charge in [0.2, 0.25) is 0 Å². The third-order valence-corrected chi connectivity index (χ3v) is 1.25. The minimum atomic E-state index is 0.806. The highest BCUT2D eigenvalue weighted by Gasteiger charge is 1.90. The summed E-state index contributed by atoms with van der Waals surface area (Å²) in [5.41, 5.74) is 1.24. The maximum absolute atomic E-state index is 3.66. The number of hydrogen-bond acceptors (Lipinski definition) is 1. The Hall–Kier alpha value is -0.820. The molecule has 0 saturated heterocycles. The van der Waals surface area contributed by atoms with Crippen LogP contribution in [0.5, 0.6) is 0 Å². The summed E-state index contributed by atoms with van der Waals surface area (Å²) in [6.07, 6.45) is 0. The molecule has 0 amide bonds. The molecule has 0 aliphatic carbocycles. The smallest absolute Gasteiger partial charge is 0.0234 e. The van der Waals surface area contributed by atoms with E-state index in [1.807, 2.05) is 18.2 Å². The first-order chi connectivity index (χ1) is 4.79. The molecule has 1 nitrogen and oxygen atoms in total. The van der Waals surface area contributed by atoms with E-state index in [-0.39, 0.29) is 0 Å². The molecule has 1 aromatic carbocycles. The first-order valence-electron chi connectivity index (χ1n) is 3.21. The van der Waals surface area contributed by atoms with Gasteiger partial charge in [0.05, 0.1) is 0 Å². The summed E-state index contributed by atoms with van der Waals surface area (Å²) in [5, 5.41) is 0. The molecule has 0 aliphatic rings. The SMILES string of the molecule is [CH2]N([CH2])Cc1ccccc1. The van der Waals surface area contributed by atoms with Crippen LogP contribution in [0.25, 0.3) is 0 Å². The molecule has 0 unspecified atom stereocenters. The van der Waals surface area contributed by atoms with Gasteiger partial charge in [-0.15, -0.1) is 0 Å². The van der Waals surface area contributed by atoms with Crippen LogP contribution in [0, 0.1) is 14.1 Å².